The lowest BCUT2D eigenvalue weighted by atomic mass is 10.2. The zero-order chi connectivity index (χ0) is 21.1. The van der Waals surface area contributed by atoms with E-state index in [-0.39, 0.29) is 23.4 Å². The topological polar surface area (TPSA) is 67.9 Å². The summed E-state index contributed by atoms with van der Waals surface area (Å²) >= 11 is 5.45. The molecular formula is C22H26N2O4S. The highest BCUT2D eigenvalue weighted by atomic mass is 32.1. The van der Waals surface area contributed by atoms with Gasteiger partial charge in [0, 0.05) is 18.7 Å². The van der Waals surface area contributed by atoms with Crippen molar-refractivity contribution >= 4 is 29.2 Å². The molecule has 2 aromatic carbocycles. The van der Waals surface area contributed by atoms with Gasteiger partial charge in [-0.1, -0.05) is 30.3 Å². The van der Waals surface area contributed by atoms with E-state index in [0.29, 0.717) is 37.6 Å². The van der Waals surface area contributed by atoms with Crippen LogP contribution in [-0.2, 0) is 16.1 Å². The Balaban J connectivity index is 2.04. The maximum atomic E-state index is 12.6. The molecule has 6 nitrogen and oxygen atoms in total. The molecule has 2 aromatic rings. The van der Waals surface area contributed by atoms with E-state index in [4.69, 9.17) is 21.7 Å². The Morgan fingerprint density at radius 2 is 1.69 bits per heavy atom. The molecule has 0 fully saturated rings. The van der Waals surface area contributed by atoms with Crippen LogP contribution in [-0.4, -0.2) is 41.6 Å². The van der Waals surface area contributed by atoms with Crippen LogP contribution in [0.1, 0.15) is 36.2 Å². The summed E-state index contributed by atoms with van der Waals surface area (Å²) in [6.07, 6.45) is 0.180. The number of nitrogens with zero attached hydrogens (tertiary/aromatic N) is 1. The summed E-state index contributed by atoms with van der Waals surface area (Å²) in [5.74, 6) is 0.0882. The van der Waals surface area contributed by atoms with E-state index >= 15 is 0 Å². The second-order valence-electron chi connectivity index (χ2n) is 6.18. The van der Waals surface area contributed by atoms with E-state index in [2.05, 4.69) is 5.32 Å². The molecule has 7 heteroatoms. The Morgan fingerprint density at radius 3 is 2.31 bits per heavy atom. The molecule has 0 unspecified atom stereocenters. The normalized spacial score (nSPS) is 10.1. The van der Waals surface area contributed by atoms with E-state index in [1.54, 1.807) is 36.1 Å². The van der Waals surface area contributed by atoms with Crippen LogP contribution < -0.4 is 10.1 Å². The van der Waals surface area contributed by atoms with Crippen LogP contribution in [0.5, 0.6) is 5.75 Å². The smallest absolute Gasteiger partial charge is 0.307 e. The number of rotatable bonds is 9. The number of nitrogens with one attached hydrogen (secondary N) is 1. The maximum Gasteiger partial charge on any atom is 0.307 e. The van der Waals surface area contributed by atoms with Gasteiger partial charge in [-0.05, 0) is 55.9 Å². The van der Waals surface area contributed by atoms with Crippen LogP contribution >= 0.6 is 12.2 Å². The Labute approximate surface area is 176 Å². The molecule has 0 aliphatic carbocycles. The minimum absolute atomic E-state index is 0.180. The van der Waals surface area contributed by atoms with Crippen molar-refractivity contribution in [2.45, 2.75) is 26.8 Å². The van der Waals surface area contributed by atoms with Crippen LogP contribution in [0.25, 0.3) is 0 Å². The summed E-state index contributed by atoms with van der Waals surface area (Å²) in [5, 5.41) is 3.01. The van der Waals surface area contributed by atoms with Crippen molar-refractivity contribution in [3.8, 4) is 5.75 Å². The lowest BCUT2D eigenvalue weighted by molar-refractivity contribution is -0.143. The van der Waals surface area contributed by atoms with Crippen LogP contribution in [0.3, 0.4) is 0 Å². The van der Waals surface area contributed by atoms with Crippen molar-refractivity contribution in [3.63, 3.8) is 0 Å². The molecule has 0 aromatic heterocycles. The number of amides is 1. The average Bonchev–Trinajstić information content (AvgIpc) is 2.72. The van der Waals surface area contributed by atoms with Crippen molar-refractivity contribution in [1.82, 2.24) is 10.2 Å². The fourth-order valence-electron chi connectivity index (χ4n) is 2.63. The highest BCUT2D eigenvalue weighted by Crippen LogP contribution is 2.12. The number of hydrogen-bond donors (Lipinski definition) is 1. The monoisotopic (exact) mass is 414 g/mol. The first kappa shape index (κ1) is 22.4. The second kappa shape index (κ2) is 11.8. The third kappa shape index (κ3) is 7.54. The van der Waals surface area contributed by atoms with Gasteiger partial charge in [0.25, 0.3) is 5.91 Å². The molecule has 0 saturated heterocycles. The molecule has 0 bridgehead atoms. The van der Waals surface area contributed by atoms with Gasteiger partial charge >= 0.3 is 5.97 Å². The molecule has 0 spiro atoms. The summed E-state index contributed by atoms with van der Waals surface area (Å²) in [7, 11) is 0. The van der Waals surface area contributed by atoms with Crippen molar-refractivity contribution in [1.29, 1.82) is 0 Å². The number of ether oxygens (including phenoxy) is 2. The fourth-order valence-corrected chi connectivity index (χ4v) is 2.88. The number of benzene rings is 2. The molecule has 0 aliphatic rings. The third-order valence-corrected chi connectivity index (χ3v) is 4.40. The number of hydrogen-bond acceptors (Lipinski definition) is 5. The van der Waals surface area contributed by atoms with Gasteiger partial charge in [-0.25, -0.2) is 0 Å². The number of thiocarbonyl (C=S) groups is 1. The summed E-state index contributed by atoms with van der Waals surface area (Å²) in [6.45, 7) is 5.37. The minimum Gasteiger partial charge on any atom is -0.494 e. The molecule has 154 valence electrons. The zero-order valence-corrected chi connectivity index (χ0v) is 17.5. The Kier molecular flexibility index (Phi) is 9.11. The van der Waals surface area contributed by atoms with E-state index in [9.17, 15) is 9.59 Å². The molecule has 2 rings (SSSR count). The minimum atomic E-state index is -0.313. The molecule has 0 heterocycles. The van der Waals surface area contributed by atoms with Gasteiger partial charge < -0.3 is 14.4 Å². The lowest BCUT2D eigenvalue weighted by Crippen LogP contribution is -2.43. The zero-order valence-electron chi connectivity index (χ0n) is 16.7. The largest absolute Gasteiger partial charge is 0.494 e. The summed E-state index contributed by atoms with van der Waals surface area (Å²) in [6, 6.07) is 16.6. The van der Waals surface area contributed by atoms with Crippen molar-refractivity contribution in [3.05, 3.63) is 65.7 Å². The lowest BCUT2D eigenvalue weighted by Gasteiger charge is -2.25. The molecule has 0 aliphatic heterocycles. The van der Waals surface area contributed by atoms with Gasteiger partial charge in [0.15, 0.2) is 5.11 Å². The first-order chi connectivity index (χ1) is 14.0. The predicted octanol–water partition coefficient (Wildman–Crippen LogP) is 3.56. The van der Waals surface area contributed by atoms with Gasteiger partial charge in [0.1, 0.15) is 5.75 Å². The first-order valence-corrected chi connectivity index (χ1v) is 9.97. The van der Waals surface area contributed by atoms with Crippen molar-refractivity contribution < 1.29 is 19.1 Å². The average molecular weight is 415 g/mol. The van der Waals surface area contributed by atoms with E-state index < -0.39 is 0 Å². The number of esters is 1. The molecule has 0 radical (unpaired) electrons. The maximum absolute atomic E-state index is 12.6. The van der Waals surface area contributed by atoms with E-state index in [1.807, 2.05) is 37.3 Å². The quantitative estimate of drug-likeness (QED) is 0.500. The molecule has 0 atom stereocenters. The van der Waals surface area contributed by atoms with Gasteiger partial charge in [-0.2, -0.15) is 0 Å². The van der Waals surface area contributed by atoms with Gasteiger partial charge in [0.05, 0.1) is 19.6 Å². The summed E-state index contributed by atoms with van der Waals surface area (Å²) in [5.41, 5.74) is 1.50. The Bertz CT molecular complexity index is 809. The number of carbonyl (C=O) groups is 2. The standard InChI is InChI=1S/C22H26N2O4S/c1-3-27-19-12-10-18(11-13-19)21(26)23-22(29)24(15-14-20(25)28-4-2)16-17-8-6-5-7-9-17/h5-13H,3-4,14-16H2,1-2H3,(H,23,26,29). The molecule has 29 heavy (non-hydrogen) atoms. The first-order valence-electron chi connectivity index (χ1n) is 9.56. The second-order valence-corrected chi connectivity index (χ2v) is 6.57. The molecular weight excluding hydrogens is 388 g/mol. The highest BCUT2D eigenvalue weighted by Gasteiger charge is 2.16. The van der Waals surface area contributed by atoms with Gasteiger partial charge in [-0.15, -0.1) is 0 Å². The highest BCUT2D eigenvalue weighted by molar-refractivity contribution is 7.80. The SMILES string of the molecule is CCOC(=O)CCN(Cc1ccccc1)C(=S)NC(=O)c1ccc(OCC)cc1. The fraction of sp³-hybridized carbons (Fsp3) is 0.318. The van der Waals surface area contributed by atoms with E-state index in [0.717, 1.165) is 5.56 Å². The Morgan fingerprint density at radius 1 is 1.00 bits per heavy atom. The van der Waals surface area contributed by atoms with Crippen LogP contribution in [0.2, 0.25) is 0 Å². The third-order valence-electron chi connectivity index (χ3n) is 4.04. The summed E-state index contributed by atoms with van der Waals surface area (Å²) in [4.78, 5) is 26.1. The van der Waals surface area contributed by atoms with Crippen LogP contribution in [0.15, 0.2) is 54.6 Å². The molecule has 1 N–H and O–H groups in total. The Hall–Kier alpha value is -2.93. The molecule has 1 amide bonds. The van der Waals surface area contributed by atoms with E-state index in [1.165, 1.54) is 0 Å². The van der Waals surface area contributed by atoms with Crippen molar-refractivity contribution in [2.75, 3.05) is 19.8 Å². The van der Waals surface area contributed by atoms with Crippen LogP contribution in [0, 0.1) is 0 Å². The van der Waals surface area contributed by atoms with Gasteiger partial charge in [-0.3, -0.25) is 14.9 Å². The van der Waals surface area contributed by atoms with Gasteiger partial charge in [0.2, 0.25) is 0 Å². The molecule has 0 saturated carbocycles. The summed E-state index contributed by atoms with van der Waals surface area (Å²) < 4.78 is 10.4. The number of carbonyl (C=O) groups excluding carboxylic acids is 2. The van der Waals surface area contributed by atoms with Crippen molar-refractivity contribution in [2.24, 2.45) is 0 Å². The van der Waals surface area contributed by atoms with Crippen LogP contribution in [0.4, 0.5) is 0 Å². The predicted molar refractivity (Wildman–Crippen MR) is 116 cm³/mol.